The van der Waals surface area contributed by atoms with Crippen LogP contribution in [0.1, 0.15) is 73.9 Å². The average Bonchev–Trinajstić information content (AvgIpc) is 4.01. The number of hydrogen-bond acceptors (Lipinski definition) is 11. The zero-order valence-corrected chi connectivity index (χ0v) is 44.0. The van der Waals surface area contributed by atoms with Crippen LogP contribution in [-0.4, -0.2) is 70.1 Å². The summed E-state index contributed by atoms with van der Waals surface area (Å²) in [5.74, 6) is -0.229. The van der Waals surface area contributed by atoms with Crippen molar-refractivity contribution in [2.24, 2.45) is 0 Å². The molecule has 0 aliphatic rings. The number of thiophene rings is 2. The van der Waals surface area contributed by atoms with Crippen LogP contribution in [0.15, 0.2) is 132 Å². The van der Waals surface area contributed by atoms with E-state index in [-0.39, 0.29) is 39.8 Å². The number of rotatable bonds is 14. The third-order valence-corrected chi connectivity index (χ3v) is 23.9. The number of nitrogens with zero attached hydrogens (tertiary/aromatic N) is 3. The fraction of sp³-hybridized carbons (Fsp3) is 0.260. The Labute approximate surface area is 412 Å². The summed E-state index contributed by atoms with van der Waals surface area (Å²) in [7, 11) is -3.01. The molecular formula is C50H54Cl2N4O7S2Si2. The molecule has 11 nitrogen and oxygen atoms in total. The number of carbonyl (C=O) groups excluding carboxylic acids is 3. The van der Waals surface area contributed by atoms with Gasteiger partial charge in [-0.15, -0.1) is 32.9 Å². The summed E-state index contributed by atoms with van der Waals surface area (Å²) in [6.07, 6.45) is 0. The van der Waals surface area contributed by atoms with E-state index in [1.165, 1.54) is 47.3 Å². The summed E-state index contributed by atoms with van der Waals surface area (Å²) in [6.45, 7) is 15.0. The smallest absolute Gasteiger partial charge is 0.342 e. The standard InChI is InChI=1S/C26H28ClN3O3SSi.C24H26ClNO4SSi/c1-18-28-29-22(30(18)24-23(25(31)32-5)21(27)17-34-24)16-33-35(26(2,3)4,19-12-8-6-9-13-19)20-14-10-7-11-15-20;1-24(2,3)32(17-11-7-5-8-12-17,18-13-9-6-10-14-18)30-15-20(27)26-22-21(23(28)29-4)19(25)16-31-22/h6-15,17H,16H2,1-5H3;5-14,16H,15H2,1-4H3,(H,26,27). The van der Waals surface area contributed by atoms with Crippen molar-refractivity contribution in [1.29, 1.82) is 0 Å². The number of ether oxygens (including phenoxy) is 2. The molecule has 0 spiro atoms. The number of aromatic nitrogens is 3. The average molecular weight is 1010 g/mol. The number of esters is 2. The number of anilines is 1. The van der Waals surface area contributed by atoms with E-state index < -0.39 is 28.6 Å². The van der Waals surface area contributed by atoms with Gasteiger partial charge >= 0.3 is 11.9 Å². The summed E-state index contributed by atoms with van der Waals surface area (Å²) in [6, 6.07) is 41.0. The summed E-state index contributed by atoms with van der Waals surface area (Å²) < 4.78 is 25.2. The number of aryl methyl sites for hydroxylation is 1. The van der Waals surface area contributed by atoms with Gasteiger partial charge < -0.3 is 23.6 Å². The van der Waals surface area contributed by atoms with Crippen LogP contribution in [0.25, 0.3) is 5.00 Å². The molecule has 7 rings (SSSR count). The third kappa shape index (κ3) is 10.7. The fourth-order valence-corrected chi connectivity index (χ4v) is 19.8. The highest BCUT2D eigenvalue weighted by molar-refractivity contribution is 7.15. The van der Waals surface area contributed by atoms with Crippen molar-refractivity contribution in [3.63, 3.8) is 0 Å². The third-order valence-electron chi connectivity index (χ3n) is 11.3. The maximum absolute atomic E-state index is 12.9. The Morgan fingerprint density at radius 1 is 0.612 bits per heavy atom. The summed E-state index contributed by atoms with van der Waals surface area (Å²) in [5, 5.41) is 20.4. The number of methoxy groups -OCH3 is 2. The van der Waals surface area contributed by atoms with Crippen LogP contribution in [0, 0.1) is 6.92 Å². The first-order chi connectivity index (χ1) is 31.9. The first kappa shape index (κ1) is 51.2. The molecule has 3 heterocycles. The van der Waals surface area contributed by atoms with Crippen LogP contribution in [-0.2, 0) is 29.7 Å². The molecule has 0 fully saturated rings. The minimum Gasteiger partial charge on any atom is -0.465 e. The number of benzene rings is 4. The molecule has 67 heavy (non-hydrogen) atoms. The van der Waals surface area contributed by atoms with E-state index in [4.69, 9.17) is 41.5 Å². The van der Waals surface area contributed by atoms with Gasteiger partial charge in [0.25, 0.3) is 16.6 Å². The Balaban J connectivity index is 0.000000222. The van der Waals surface area contributed by atoms with Gasteiger partial charge in [0.15, 0.2) is 5.82 Å². The quantitative estimate of drug-likeness (QED) is 0.0836. The lowest BCUT2D eigenvalue weighted by Crippen LogP contribution is -2.67. The van der Waals surface area contributed by atoms with E-state index in [9.17, 15) is 14.4 Å². The van der Waals surface area contributed by atoms with Gasteiger partial charge in [-0.3, -0.25) is 9.36 Å². The molecule has 0 aliphatic heterocycles. The normalized spacial score (nSPS) is 11.9. The number of nitrogens with one attached hydrogen (secondary N) is 1. The molecule has 3 aromatic heterocycles. The number of carbonyl (C=O) groups is 3. The molecule has 4 aromatic carbocycles. The Morgan fingerprint density at radius 3 is 1.45 bits per heavy atom. The van der Waals surface area contributed by atoms with Gasteiger partial charge in [-0.2, -0.15) is 0 Å². The predicted octanol–water partition coefficient (Wildman–Crippen LogP) is 9.86. The molecule has 0 saturated heterocycles. The lowest BCUT2D eigenvalue weighted by atomic mass is 10.2. The predicted molar refractivity (Wildman–Crippen MR) is 276 cm³/mol. The van der Waals surface area contributed by atoms with E-state index in [0.717, 1.165) is 10.4 Å². The first-order valence-electron chi connectivity index (χ1n) is 21.3. The molecule has 0 bridgehead atoms. The van der Waals surface area contributed by atoms with Gasteiger partial charge in [-0.1, -0.05) is 186 Å². The van der Waals surface area contributed by atoms with Crippen LogP contribution in [0.5, 0.6) is 0 Å². The molecule has 0 radical (unpaired) electrons. The molecule has 7 aromatic rings. The van der Waals surface area contributed by atoms with Crippen molar-refractivity contribution in [1.82, 2.24) is 14.8 Å². The van der Waals surface area contributed by atoms with Gasteiger partial charge in [-0.25, -0.2) is 9.59 Å². The summed E-state index contributed by atoms with van der Waals surface area (Å²) >= 11 is 15.0. The Hall–Kier alpha value is -5.24. The van der Waals surface area contributed by atoms with Crippen molar-refractivity contribution in [2.45, 2.75) is 65.1 Å². The molecule has 0 saturated carbocycles. The Morgan fingerprint density at radius 2 is 1.01 bits per heavy atom. The Bertz CT molecular complexity index is 2700. The number of amides is 1. The monoisotopic (exact) mass is 1010 g/mol. The first-order valence-corrected chi connectivity index (χ1v) is 27.7. The zero-order valence-electron chi connectivity index (χ0n) is 38.9. The minimum atomic E-state index is -2.84. The lowest BCUT2D eigenvalue weighted by molar-refractivity contribution is -0.118. The maximum Gasteiger partial charge on any atom is 0.342 e. The van der Waals surface area contributed by atoms with Crippen LogP contribution >= 0.6 is 45.9 Å². The van der Waals surface area contributed by atoms with E-state index in [1.807, 2.05) is 60.0 Å². The highest BCUT2D eigenvalue weighted by atomic mass is 35.5. The lowest BCUT2D eigenvalue weighted by Gasteiger charge is -2.42. The van der Waals surface area contributed by atoms with Gasteiger partial charge in [0.2, 0.25) is 5.91 Å². The van der Waals surface area contributed by atoms with Crippen molar-refractivity contribution < 1.29 is 32.7 Å². The second-order valence-electron chi connectivity index (χ2n) is 17.5. The van der Waals surface area contributed by atoms with Crippen molar-refractivity contribution >= 4 is 106 Å². The van der Waals surface area contributed by atoms with E-state index >= 15 is 0 Å². The second-order valence-corrected chi connectivity index (χ2v) is 28.6. The molecule has 0 unspecified atom stereocenters. The highest BCUT2D eigenvalue weighted by Crippen LogP contribution is 2.39. The van der Waals surface area contributed by atoms with Gasteiger partial charge in [-0.05, 0) is 37.7 Å². The summed E-state index contributed by atoms with van der Waals surface area (Å²) in [5.41, 5.74) is 0.451. The van der Waals surface area contributed by atoms with E-state index in [1.54, 1.807) is 10.8 Å². The zero-order chi connectivity index (χ0) is 48.6. The molecule has 17 heteroatoms. The minimum absolute atomic E-state index is 0.151. The maximum atomic E-state index is 12.9. The van der Waals surface area contributed by atoms with Crippen molar-refractivity contribution in [2.75, 3.05) is 26.1 Å². The van der Waals surface area contributed by atoms with Crippen molar-refractivity contribution in [3.05, 3.63) is 165 Å². The van der Waals surface area contributed by atoms with Gasteiger partial charge in [0, 0.05) is 10.8 Å². The summed E-state index contributed by atoms with van der Waals surface area (Å²) in [4.78, 5) is 37.4. The topological polar surface area (TPSA) is 131 Å². The van der Waals surface area contributed by atoms with E-state index in [2.05, 4.69) is 130 Å². The Kier molecular flexibility index (Phi) is 16.7. The number of hydrogen-bond donors (Lipinski definition) is 1. The van der Waals surface area contributed by atoms with Crippen LogP contribution in [0.4, 0.5) is 5.00 Å². The molecular weight excluding hydrogens is 960 g/mol. The van der Waals surface area contributed by atoms with Gasteiger partial charge in [0.05, 0.1) is 30.9 Å². The SMILES string of the molecule is COC(=O)c1c(Cl)csc1-n1c(C)nnc1CO[Si](c1ccccc1)(c1ccccc1)C(C)(C)C.COC(=O)c1c(Cl)csc1NC(=O)CO[Si](c1ccccc1)(c1ccccc1)C(C)(C)C. The molecule has 0 aliphatic carbocycles. The van der Waals surface area contributed by atoms with E-state index in [0.29, 0.717) is 32.2 Å². The van der Waals surface area contributed by atoms with Crippen LogP contribution in [0.2, 0.25) is 20.1 Å². The molecule has 1 N–H and O–H groups in total. The number of halogens is 2. The largest absolute Gasteiger partial charge is 0.465 e. The van der Waals surface area contributed by atoms with Crippen LogP contribution < -0.4 is 26.1 Å². The second kappa shape index (κ2) is 21.8. The molecule has 0 atom stereocenters. The van der Waals surface area contributed by atoms with Crippen LogP contribution in [0.3, 0.4) is 0 Å². The highest BCUT2D eigenvalue weighted by Gasteiger charge is 2.51. The molecule has 350 valence electrons. The molecule has 1 amide bonds. The van der Waals surface area contributed by atoms with Crippen molar-refractivity contribution in [3.8, 4) is 5.00 Å². The fourth-order valence-electron chi connectivity index (χ4n) is 8.30. The van der Waals surface area contributed by atoms with Gasteiger partial charge in [0.1, 0.15) is 33.6 Å².